The Hall–Kier alpha value is -1.26. The molecular formula is C17H24FNO2. The monoisotopic (exact) mass is 293 g/mol. The fraction of sp³-hybridized carbons (Fsp3) is 0.588. The van der Waals surface area contributed by atoms with Gasteiger partial charge in [-0.3, -0.25) is 4.79 Å². The van der Waals surface area contributed by atoms with Crippen LogP contribution in [-0.2, 0) is 4.74 Å². The van der Waals surface area contributed by atoms with E-state index in [0.717, 1.165) is 38.6 Å². The number of hydrogen-bond donors (Lipinski definition) is 0. The number of ether oxygens (including phenoxy) is 1. The molecule has 0 spiro atoms. The summed E-state index contributed by atoms with van der Waals surface area (Å²) in [4.78, 5) is 14.1. The highest BCUT2D eigenvalue weighted by molar-refractivity contribution is 5.95. The first-order chi connectivity index (χ1) is 10.1. The minimum absolute atomic E-state index is 0.0772. The molecule has 0 bridgehead atoms. The van der Waals surface area contributed by atoms with E-state index in [2.05, 4.69) is 4.90 Å². The Morgan fingerprint density at radius 1 is 1.29 bits per heavy atom. The average molecular weight is 293 g/mol. The number of benzene rings is 1. The van der Waals surface area contributed by atoms with Gasteiger partial charge in [0.05, 0.1) is 6.61 Å². The molecule has 0 aromatic heterocycles. The van der Waals surface area contributed by atoms with Crippen molar-refractivity contribution in [3.8, 4) is 0 Å². The average Bonchev–Trinajstić information content (AvgIpc) is 3.28. The van der Waals surface area contributed by atoms with Crippen LogP contribution in [0.1, 0.15) is 36.0 Å². The van der Waals surface area contributed by atoms with Crippen molar-refractivity contribution in [2.75, 3.05) is 33.4 Å². The summed E-state index contributed by atoms with van der Waals surface area (Å²) in [7, 11) is 2.04. The highest BCUT2D eigenvalue weighted by Crippen LogP contribution is 2.28. The third kappa shape index (κ3) is 6.36. The maximum atomic E-state index is 12.8. The van der Waals surface area contributed by atoms with Crippen molar-refractivity contribution in [2.45, 2.75) is 25.7 Å². The molecule has 1 aromatic carbocycles. The highest BCUT2D eigenvalue weighted by atomic mass is 19.1. The van der Waals surface area contributed by atoms with Crippen LogP contribution in [0.4, 0.5) is 4.39 Å². The highest BCUT2D eigenvalue weighted by Gasteiger charge is 2.20. The number of hydrogen-bond acceptors (Lipinski definition) is 3. The summed E-state index contributed by atoms with van der Waals surface area (Å²) in [6.45, 7) is 3.44. The van der Waals surface area contributed by atoms with E-state index in [1.807, 2.05) is 7.05 Å². The second kappa shape index (κ2) is 8.25. The summed E-state index contributed by atoms with van der Waals surface area (Å²) < 4.78 is 18.4. The molecule has 1 aliphatic rings. The lowest BCUT2D eigenvalue weighted by molar-refractivity contribution is 0.0955. The fourth-order valence-electron chi connectivity index (χ4n) is 2.16. The zero-order chi connectivity index (χ0) is 15.1. The van der Waals surface area contributed by atoms with Crippen LogP contribution in [0.3, 0.4) is 0 Å². The molecule has 3 nitrogen and oxygen atoms in total. The first kappa shape index (κ1) is 16.1. The molecule has 0 N–H and O–H groups in total. The van der Waals surface area contributed by atoms with Crippen molar-refractivity contribution in [3.63, 3.8) is 0 Å². The Balaban J connectivity index is 1.54. The first-order valence-electron chi connectivity index (χ1n) is 7.70. The Morgan fingerprint density at radius 3 is 2.67 bits per heavy atom. The number of ketones is 1. The van der Waals surface area contributed by atoms with Gasteiger partial charge in [0, 0.05) is 25.1 Å². The standard InChI is InChI=1S/C17H24FNO2/c1-19(11-12-21-13-14-4-5-14)10-2-3-17(20)15-6-8-16(18)9-7-15/h6-9,14H,2-5,10-13H2,1H3. The molecule has 4 heteroatoms. The Morgan fingerprint density at radius 2 is 2.00 bits per heavy atom. The number of likely N-dealkylation sites (N-methyl/N-ethyl adjacent to an activating group) is 1. The third-order valence-electron chi connectivity index (χ3n) is 3.78. The molecule has 1 saturated carbocycles. The zero-order valence-electron chi connectivity index (χ0n) is 12.7. The largest absolute Gasteiger partial charge is 0.380 e. The van der Waals surface area contributed by atoms with E-state index >= 15 is 0 Å². The van der Waals surface area contributed by atoms with E-state index in [1.54, 1.807) is 12.1 Å². The maximum absolute atomic E-state index is 12.8. The summed E-state index contributed by atoms with van der Waals surface area (Å²) in [6, 6.07) is 5.76. The van der Waals surface area contributed by atoms with Gasteiger partial charge in [-0.25, -0.2) is 4.39 Å². The van der Waals surface area contributed by atoms with E-state index in [4.69, 9.17) is 4.74 Å². The van der Waals surface area contributed by atoms with Crippen LogP contribution in [-0.4, -0.2) is 44.0 Å². The number of Topliss-reactive ketones (excluding diaryl/α,β-unsaturated/α-hetero) is 1. The molecule has 0 aliphatic heterocycles. The number of rotatable bonds is 10. The predicted octanol–water partition coefficient (Wildman–Crippen LogP) is 3.15. The van der Waals surface area contributed by atoms with Gasteiger partial charge in [0.15, 0.2) is 5.78 Å². The summed E-state index contributed by atoms with van der Waals surface area (Å²) in [6.07, 6.45) is 3.96. The van der Waals surface area contributed by atoms with Gasteiger partial charge in [-0.15, -0.1) is 0 Å². The third-order valence-corrected chi connectivity index (χ3v) is 3.78. The first-order valence-corrected chi connectivity index (χ1v) is 7.70. The number of carbonyl (C=O) groups excluding carboxylic acids is 1. The van der Waals surface area contributed by atoms with Crippen LogP contribution in [0.2, 0.25) is 0 Å². The van der Waals surface area contributed by atoms with Gasteiger partial charge in [0.2, 0.25) is 0 Å². The molecule has 1 aliphatic carbocycles. The van der Waals surface area contributed by atoms with Crippen molar-refractivity contribution in [3.05, 3.63) is 35.6 Å². The van der Waals surface area contributed by atoms with Crippen LogP contribution in [0.25, 0.3) is 0 Å². The molecule has 2 rings (SSSR count). The molecule has 0 radical (unpaired) electrons. The van der Waals surface area contributed by atoms with Crippen molar-refractivity contribution < 1.29 is 13.9 Å². The van der Waals surface area contributed by atoms with Crippen molar-refractivity contribution >= 4 is 5.78 Å². The van der Waals surface area contributed by atoms with E-state index in [1.165, 1.54) is 25.0 Å². The van der Waals surface area contributed by atoms with Gasteiger partial charge < -0.3 is 9.64 Å². The molecule has 1 aromatic rings. The predicted molar refractivity (Wildman–Crippen MR) is 81.0 cm³/mol. The molecule has 0 heterocycles. The van der Waals surface area contributed by atoms with Crippen LogP contribution < -0.4 is 0 Å². The topological polar surface area (TPSA) is 29.5 Å². The van der Waals surface area contributed by atoms with Gasteiger partial charge in [0.1, 0.15) is 5.82 Å². The minimum atomic E-state index is -0.308. The van der Waals surface area contributed by atoms with Crippen LogP contribution in [0.15, 0.2) is 24.3 Å². The van der Waals surface area contributed by atoms with Crippen LogP contribution >= 0.6 is 0 Å². The zero-order valence-corrected chi connectivity index (χ0v) is 12.7. The normalized spacial score (nSPS) is 14.6. The minimum Gasteiger partial charge on any atom is -0.380 e. The van der Waals surface area contributed by atoms with E-state index in [-0.39, 0.29) is 11.6 Å². The van der Waals surface area contributed by atoms with E-state index in [0.29, 0.717) is 12.0 Å². The lowest BCUT2D eigenvalue weighted by atomic mass is 10.1. The summed E-state index contributed by atoms with van der Waals surface area (Å²) >= 11 is 0. The lowest BCUT2D eigenvalue weighted by Crippen LogP contribution is -2.25. The second-order valence-corrected chi connectivity index (χ2v) is 5.86. The molecule has 0 amide bonds. The number of carbonyl (C=O) groups is 1. The van der Waals surface area contributed by atoms with Crippen molar-refractivity contribution in [1.82, 2.24) is 4.90 Å². The molecular weight excluding hydrogens is 269 g/mol. The van der Waals surface area contributed by atoms with Crippen molar-refractivity contribution in [1.29, 1.82) is 0 Å². The Labute approximate surface area is 126 Å². The smallest absolute Gasteiger partial charge is 0.162 e. The van der Waals surface area contributed by atoms with Gasteiger partial charge in [-0.2, -0.15) is 0 Å². The Bertz CT molecular complexity index is 443. The molecule has 0 unspecified atom stereocenters. The number of halogens is 1. The quantitative estimate of drug-likeness (QED) is 0.490. The van der Waals surface area contributed by atoms with Crippen LogP contribution in [0.5, 0.6) is 0 Å². The fourth-order valence-corrected chi connectivity index (χ4v) is 2.16. The number of nitrogens with zero attached hydrogens (tertiary/aromatic N) is 1. The molecule has 1 fully saturated rings. The van der Waals surface area contributed by atoms with Crippen molar-refractivity contribution in [2.24, 2.45) is 5.92 Å². The summed E-state index contributed by atoms with van der Waals surface area (Å²) in [5, 5.41) is 0. The maximum Gasteiger partial charge on any atom is 0.162 e. The second-order valence-electron chi connectivity index (χ2n) is 5.86. The van der Waals surface area contributed by atoms with Gasteiger partial charge in [-0.1, -0.05) is 0 Å². The van der Waals surface area contributed by atoms with Gasteiger partial charge >= 0.3 is 0 Å². The van der Waals surface area contributed by atoms with E-state index in [9.17, 15) is 9.18 Å². The molecule has 0 atom stereocenters. The summed E-state index contributed by atoms with van der Waals surface area (Å²) in [5.74, 6) is 0.578. The molecule has 21 heavy (non-hydrogen) atoms. The SMILES string of the molecule is CN(CCCC(=O)c1ccc(F)cc1)CCOCC1CC1. The molecule has 116 valence electrons. The Kier molecular flexibility index (Phi) is 6.33. The lowest BCUT2D eigenvalue weighted by Gasteiger charge is -2.16. The van der Waals surface area contributed by atoms with Crippen LogP contribution in [0, 0.1) is 11.7 Å². The van der Waals surface area contributed by atoms with Gasteiger partial charge in [0.25, 0.3) is 0 Å². The molecule has 0 saturated heterocycles. The summed E-state index contributed by atoms with van der Waals surface area (Å²) in [5.41, 5.74) is 0.590. The van der Waals surface area contributed by atoms with E-state index < -0.39 is 0 Å². The van der Waals surface area contributed by atoms with Gasteiger partial charge in [-0.05, 0) is 63.0 Å².